The maximum atomic E-state index is 5.73. The van der Waals surface area contributed by atoms with Crippen LogP contribution in [0.25, 0.3) is 22.1 Å². The summed E-state index contributed by atoms with van der Waals surface area (Å²) >= 11 is 5.73. The Morgan fingerprint density at radius 3 is 2.87 bits per heavy atom. The average molecular weight is 219 g/mol. The fraction of sp³-hybridized carbons (Fsp3) is 0.100. The monoisotopic (exact) mass is 218 g/mol. The number of hydrogen-bond acceptors (Lipinski definition) is 3. The van der Waals surface area contributed by atoms with Gasteiger partial charge < -0.3 is 4.57 Å². The summed E-state index contributed by atoms with van der Waals surface area (Å²) in [6, 6.07) is 7.98. The van der Waals surface area contributed by atoms with Crippen molar-refractivity contribution >= 4 is 33.7 Å². The molecule has 0 aliphatic rings. The van der Waals surface area contributed by atoms with Crippen molar-refractivity contribution < 1.29 is 0 Å². The average Bonchev–Trinajstić information content (AvgIpc) is 2.54. The van der Waals surface area contributed by atoms with Crippen molar-refractivity contribution in [3.63, 3.8) is 0 Å². The second-order valence-corrected chi connectivity index (χ2v) is 3.67. The summed E-state index contributed by atoms with van der Waals surface area (Å²) in [6.45, 7) is 0. The summed E-state index contributed by atoms with van der Waals surface area (Å²) in [6.07, 6.45) is 0. The molecule has 0 aliphatic heterocycles. The largest absolute Gasteiger partial charge is 0.326 e. The van der Waals surface area contributed by atoms with E-state index >= 15 is 0 Å². The maximum absolute atomic E-state index is 5.73. The molecule has 0 unspecified atom stereocenters. The zero-order chi connectivity index (χ0) is 10.4. The van der Waals surface area contributed by atoms with Crippen LogP contribution in [-0.4, -0.2) is 19.7 Å². The number of para-hydroxylation sites is 1. The van der Waals surface area contributed by atoms with Crippen LogP contribution in [-0.2, 0) is 7.05 Å². The van der Waals surface area contributed by atoms with Crippen LogP contribution in [0.15, 0.2) is 24.3 Å². The van der Waals surface area contributed by atoms with Crippen LogP contribution in [0.3, 0.4) is 0 Å². The minimum Gasteiger partial charge on any atom is -0.326 e. The molecular weight excluding hydrogens is 212 g/mol. The first-order valence-electron chi connectivity index (χ1n) is 4.51. The van der Waals surface area contributed by atoms with Crippen LogP contribution in [0.4, 0.5) is 0 Å². The van der Waals surface area contributed by atoms with Crippen molar-refractivity contribution in [1.29, 1.82) is 0 Å². The Kier molecular flexibility index (Phi) is 1.67. The van der Waals surface area contributed by atoms with Crippen molar-refractivity contribution in [3.8, 4) is 0 Å². The first kappa shape index (κ1) is 8.61. The molecule has 0 atom stereocenters. The second-order valence-electron chi connectivity index (χ2n) is 3.33. The lowest BCUT2D eigenvalue weighted by Gasteiger charge is -1.94. The van der Waals surface area contributed by atoms with Crippen LogP contribution in [0.5, 0.6) is 0 Å². The van der Waals surface area contributed by atoms with Crippen molar-refractivity contribution in [2.24, 2.45) is 7.05 Å². The topological polar surface area (TPSA) is 43.6 Å². The molecular formula is C10H7ClN4. The molecule has 74 valence electrons. The Morgan fingerprint density at radius 1 is 1.20 bits per heavy atom. The van der Waals surface area contributed by atoms with E-state index in [0.29, 0.717) is 0 Å². The van der Waals surface area contributed by atoms with Crippen LogP contribution in [0.1, 0.15) is 0 Å². The van der Waals surface area contributed by atoms with Crippen molar-refractivity contribution in [1.82, 2.24) is 19.7 Å². The zero-order valence-corrected chi connectivity index (χ0v) is 8.73. The van der Waals surface area contributed by atoms with Crippen molar-refractivity contribution in [2.75, 3.05) is 0 Å². The Morgan fingerprint density at radius 2 is 2.00 bits per heavy atom. The van der Waals surface area contributed by atoms with E-state index in [1.165, 1.54) is 0 Å². The van der Waals surface area contributed by atoms with Gasteiger partial charge in [0.25, 0.3) is 0 Å². The number of hydrogen-bond donors (Lipinski definition) is 0. The molecule has 0 aliphatic carbocycles. The third-order valence-electron chi connectivity index (χ3n) is 2.48. The Balaban J connectivity index is 2.64. The highest BCUT2D eigenvalue weighted by Crippen LogP contribution is 2.24. The number of halogens is 1. The van der Waals surface area contributed by atoms with Crippen LogP contribution in [0.2, 0.25) is 5.28 Å². The predicted molar refractivity (Wildman–Crippen MR) is 58.8 cm³/mol. The van der Waals surface area contributed by atoms with Gasteiger partial charge in [-0.3, -0.25) is 0 Å². The SMILES string of the molecule is Cn1c2ccccc2c2nc(Cl)nnc21. The normalized spacial score (nSPS) is 11.3. The van der Waals surface area contributed by atoms with E-state index in [4.69, 9.17) is 11.6 Å². The summed E-state index contributed by atoms with van der Waals surface area (Å²) in [5.41, 5.74) is 2.63. The number of aryl methyl sites for hydroxylation is 1. The Hall–Kier alpha value is -1.68. The van der Waals surface area contributed by atoms with Gasteiger partial charge in [0.15, 0.2) is 5.65 Å². The second kappa shape index (κ2) is 2.90. The molecule has 3 aromatic rings. The molecule has 5 heteroatoms. The van der Waals surface area contributed by atoms with Gasteiger partial charge in [-0.05, 0) is 17.7 Å². The lowest BCUT2D eigenvalue weighted by atomic mass is 10.2. The number of benzene rings is 1. The summed E-state index contributed by atoms with van der Waals surface area (Å²) in [5.74, 6) is 0. The number of nitrogens with zero attached hydrogens (tertiary/aromatic N) is 4. The summed E-state index contributed by atoms with van der Waals surface area (Å²) < 4.78 is 1.96. The van der Waals surface area contributed by atoms with Gasteiger partial charge in [-0.15, -0.1) is 10.2 Å². The molecule has 2 heterocycles. The Labute approximate surface area is 90.5 Å². The fourth-order valence-electron chi connectivity index (χ4n) is 1.79. The zero-order valence-electron chi connectivity index (χ0n) is 7.98. The van der Waals surface area contributed by atoms with Crippen molar-refractivity contribution in [3.05, 3.63) is 29.5 Å². The molecule has 0 bridgehead atoms. The van der Waals surface area contributed by atoms with Crippen LogP contribution in [0, 0.1) is 0 Å². The number of rotatable bonds is 0. The molecule has 0 N–H and O–H groups in total. The third kappa shape index (κ3) is 1.11. The summed E-state index contributed by atoms with van der Waals surface area (Å²) in [7, 11) is 1.94. The van der Waals surface area contributed by atoms with Gasteiger partial charge >= 0.3 is 0 Å². The Bertz CT molecular complexity index is 659. The third-order valence-corrected chi connectivity index (χ3v) is 2.64. The van der Waals surface area contributed by atoms with E-state index < -0.39 is 0 Å². The van der Waals surface area contributed by atoms with Crippen molar-refractivity contribution in [2.45, 2.75) is 0 Å². The first-order chi connectivity index (χ1) is 7.27. The highest BCUT2D eigenvalue weighted by molar-refractivity contribution is 6.28. The van der Waals surface area contributed by atoms with Gasteiger partial charge in [0.2, 0.25) is 5.28 Å². The van der Waals surface area contributed by atoms with Crippen LogP contribution >= 0.6 is 11.6 Å². The van der Waals surface area contributed by atoms with Gasteiger partial charge in [-0.2, -0.15) is 0 Å². The minimum absolute atomic E-state index is 0.179. The molecule has 1 aromatic carbocycles. The highest BCUT2D eigenvalue weighted by Gasteiger charge is 2.10. The van der Waals surface area contributed by atoms with Gasteiger partial charge in [0, 0.05) is 12.4 Å². The molecule has 0 fully saturated rings. The standard InChI is InChI=1S/C10H7ClN4/c1-15-7-5-3-2-4-6(7)8-9(15)13-14-10(11)12-8/h2-5H,1H3. The van der Waals surface area contributed by atoms with E-state index in [0.717, 1.165) is 22.1 Å². The molecule has 0 radical (unpaired) electrons. The van der Waals surface area contributed by atoms with E-state index in [2.05, 4.69) is 15.2 Å². The molecule has 4 nitrogen and oxygen atoms in total. The van der Waals surface area contributed by atoms with E-state index in [1.807, 2.05) is 35.9 Å². The molecule has 15 heavy (non-hydrogen) atoms. The lowest BCUT2D eigenvalue weighted by Crippen LogP contribution is -1.93. The van der Waals surface area contributed by atoms with Crippen LogP contribution < -0.4 is 0 Å². The smallest absolute Gasteiger partial charge is 0.243 e. The molecule has 0 spiro atoms. The van der Waals surface area contributed by atoms with Gasteiger partial charge in [0.1, 0.15) is 5.52 Å². The van der Waals surface area contributed by atoms with E-state index in [-0.39, 0.29) is 5.28 Å². The number of aromatic nitrogens is 4. The molecule has 0 saturated carbocycles. The highest BCUT2D eigenvalue weighted by atomic mass is 35.5. The minimum atomic E-state index is 0.179. The summed E-state index contributed by atoms with van der Waals surface area (Å²) in [4.78, 5) is 4.20. The lowest BCUT2D eigenvalue weighted by molar-refractivity contribution is 0.929. The molecule has 0 saturated heterocycles. The maximum Gasteiger partial charge on any atom is 0.243 e. The predicted octanol–water partition coefficient (Wildman–Crippen LogP) is 2.17. The van der Waals surface area contributed by atoms with Gasteiger partial charge in [0.05, 0.1) is 5.52 Å². The summed E-state index contributed by atoms with van der Waals surface area (Å²) in [5, 5.41) is 9.01. The molecule has 2 aromatic heterocycles. The van der Waals surface area contributed by atoms with Gasteiger partial charge in [-0.25, -0.2) is 4.98 Å². The van der Waals surface area contributed by atoms with E-state index in [1.54, 1.807) is 0 Å². The molecule has 0 amide bonds. The van der Waals surface area contributed by atoms with Gasteiger partial charge in [-0.1, -0.05) is 18.2 Å². The first-order valence-corrected chi connectivity index (χ1v) is 4.88. The molecule has 3 rings (SSSR count). The number of fused-ring (bicyclic) bond motifs is 3. The fourth-order valence-corrected chi connectivity index (χ4v) is 1.91. The van der Waals surface area contributed by atoms with E-state index in [9.17, 15) is 0 Å². The quantitative estimate of drug-likeness (QED) is 0.581.